The SMILES string of the molecule is COc1ncnc2c1[nH]c(=S)n2C(C)(C)C. The van der Waals surface area contributed by atoms with Crippen LogP contribution in [0.4, 0.5) is 0 Å². The number of aromatic nitrogens is 4. The lowest BCUT2D eigenvalue weighted by molar-refractivity contribution is 0.397. The Balaban J connectivity index is 2.87. The molecule has 1 N–H and O–H groups in total. The second-order valence-corrected chi connectivity index (χ2v) is 4.90. The van der Waals surface area contributed by atoms with E-state index in [0.717, 1.165) is 11.2 Å². The fourth-order valence-electron chi connectivity index (χ4n) is 1.68. The fourth-order valence-corrected chi connectivity index (χ4v) is 2.14. The highest BCUT2D eigenvalue weighted by Crippen LogP contribution is 2.25. The van der Waals surface area contributed by atoms with Gasteiger partial charge < -0.3 is 9.72 Å². The Morgan fingerprint density at radius 3 is 2.62 bits per heavy atom. The molecule has 2 rings (SSSR count). The quantitative estimate of drug-likeness (QED) is 0.774. The molecule has 6 heteroatoms. The monoisotopic (exact) mass is 238 g/mol. The Hall–Kier alpha value is -1.43. The van der Waals surface area contributed by atoms with E-state index in [2.05, 4.69) is 35.7 Å². The van der Waals surface area contributed by atoms with E-state index in [-0.39, 0.29) is 5.54 Å². The Labute approximate surface area is 98.5 Å². The zero-order chi connectivity index (χ0) is 11.9. The molecule has 0 amide bonds. The number of fused-ring (bicyclic) bond motifs is 1. The van der Waals surface area contributed by atoms with Crippen LogP contribution in [0.25, 0.3) is 11.2 Å². The molecule has 86 valence electrons. The summed E-state index contributed by atoms with van der Waals surface area (Å²) in [6.07, 6.45) is 1.48. The molecule has 0 aliphatic carbocycles. The average molecular weight is 238 g/mol. The van der Waals surface area contributed by atoms with Gasteiger partial charge in [0.15, 0.2) is 10.4 Å². The fraction of sp³-hybridized carbons (Fsp3) is 0.500. The van der Waals surface area contributed by atoms with Crippen LogP contribution < -0.4 is 4.74 Å². The molecule has 0 unspecified atom stereocenters. The molecule has 0 aliphatic rings. The Kier molecular flexibility index (Phi) is 2.46. The second-order valence-electron chi connectivity index (χ2n) is 4.52. The normalized spacial score (nSPS) is 12.0. The third-order valence-electron chi connectivity index (χ3n) is 2.30. The van der Waals surface area contributed by atoms with Gasteiger partial charge in [0, 0.05) is 5.54 Å². The summed E-state index contributed by atoms with van der Waals surface area (Å²) in [5, 5.41) is 0. The van der Waals surface area contributed by atoms with Crippen molar-refractivity contribution in [2.24, 2.45) is 0 Å². The van der Waals surface area contributed by atoms with Crippen molar-refractivity contribution in [3.63, 3.8) is 0 Å². The van der Waals surface area contributed by atoms with Crippen LogP contribution in [0, 0.1) is 4.77 Å². The van der Waals surface area contributed by atoms with Crippen molar-refractivity contribution in [1.82, 2.24) is 19.5 Å². The van der Waals surface area contributed by atoms with Crippen molar-refractivity contribution in [2.45, 2.75) is 26.3 Å². The van der Waals surface area contributed by atoms with E-state index >= 15 is 0 Å². The van der Waals surface area contributed by atoms with Crippen LogP contribution in [0.2, 0.25) is 0 Å². The van der Waals surface area contributed by atoms with E-state index in [4.69, 9.17) is 17.0 Å². The molecule has 2 heterocycles. The minimum Gasteiger partial charge on any atom is -0.479 e. The number of nitrogens with one attached hydrogen (secondary N) is 1. The van der Waals surface area contributed by atoms with E-state index in [9.17, 15) is 0 Å². The lowest BCUT2D eigenvalue weighted by Crippen LogP contribution is -2.22. The lowest BCUT2D eigenvalue weighted by Gasteiger charge is -2.20. The van der Waals surface area contributed by atoms with Gasteiger partial charge in [0.2, 0.25) is 5.88 Å². The predicted molar refractivity (Wildman–Crippen MR) is 64.3 cm³/mol. The van der Waals surface area contributed by atoms with Gasteiger partial charge in [-0.3, -0.25) is 4.57 Å². The van der Waals surface area contributed by atoms with Crippen molar-refractivity contribution < 1.29 is 4.74 Å². The summed E-state index contributed by atoms with van der Waals surface area (Å²) in [5.74, 6) is 0.513. The molecule has 0 spiro atoms. The molecule has 0 saturated carbocycles. The predicted octanol–water partition coefficient (Wildman–Crippen LogP) is 2.25. The second kappa shape index (κ2) is 3.55. The smallest absolute Gasteiger partial charge is 0.242 e. The number of nitrogens with zero attached hydrogens (tertiary/aromatic N) is 3. The Morgan fingerprint density at radius 1 is 1.38 bits per heavy atom. The van der Waals surface area contributed by atoms with E-state index in [1.807, 2.05) is 4.57 Å². The molecule has 0 aliphatic heterocycles. The van der Waals surface area contributed by atoms with E-state index in [1.54, 1.807) is 7.11 Å². The Morgan fingerprint density at radius 2 is 2.06 bits per heavy atom. The summed E-state index contributed by atoms with van der Waals surface area (Å²) >= 11 is 5.29. The maximum absolute atomic E-state index is 5.29. The first-order valence-corrected chi connectivity index (χ1v) is 5.36. The van der Waals surface area contributed by atoms with Gasteiger partial charge in [0.05, 0.1) is 7.11 Å². The number of H-pyrrole nitrogens is 1. The number of methoxy groups -OCH3 is 1. The van der Waals surface area contributed by atoms with Gasteiger partial charge in [-0.1, -0.05) is 0 Å². The van der Waals surface area contributed by atoms with E-state index in [1.165, 1.54) is 6.33 Å². The van der Waals surface area contributed by atoms with Gasteiger partial charge in [-0.15, -0.1) is 0 Å². The lowest BCUT2D eigenvalue weighted by atomic mass is 10.1. The average Bonchev–Trinajstić information content (AvgIpc) is 2.52. The van der Waals surface area contributed by atoms with Gasteiger partial charge in [-0.05, 0) is 33.0 Å². The molecule has 0 saturated heterocycles. The summed E-state index contributed by atoms with van der Waals surface area (Å²) in [4.78, 5) is 11.4. The minimum absolute atomic E-state index is 0.130. The maximum Gasteiger partial charge on any atom is 0.242 e. The summed E-state index contributed by atoms with van der Waals surface area (Å²) in [7, 11) is 1.58. The molecule has 0 atom stereocenters. The summed E-state index contributed by atoms with van der Waals surface area (Å²) < 4.78 is 7.75. The number of hydrogen-bond acceptors (Lipinski definition) is 4. The summed E-state index contributed by atoms with van der Waals surface area (Å²) in [6.45, 7) is 6.22. The number of ether oxygens (including phenoxy) is 1. The molecule has 2 aromatic rings. The topological polar surface area (TPSA) is 55.7 Å². The first-order chi connectivity index (χ1) is 7.45. The van der Waals surface area contributed by atoms with Crippen LogP contribution in [0.15, 0.2) is 6.33 Å². The van der Waals surface area contributed by atoms with Gasteiger partial charge in [0.25, 0.3) is 0 Å². The Bertz CT molecular complexity index is 578. The molecule has 0 radical (unpaired) electrons. The summed E-state index contributed by atoms with van der Waals surface area (Å²) in [6, 6.07) is 0. The summed E-state index contributed by atoms with van der Waals surface area (Å²) in [5.41, 5.74) is 1.38. The molecule has 0 fully saturated rings. The largest absolute Gasteiger partial charge is 0.479 e. The number of rotatable bonds is 1. The highest BCUT2D eigenvalue weighted by atomic mass is 32.1. The number of aromatic amines is 1. The maximum atomic E-state index is 5.29. The first kappa shape index (κ1) is 11.1. The van der Waals surface area contributed by atoms with Gasteiger partial charge >= 0.3 is 0 Å². The van der Waals surface area contributed by atoms with Crippen LogP contribution in [-0.2, 0) is 5.54 Å². The molecular formula is C10H14N4OS. The molecule has 2 aromatic heterocycles. The third kappa shape index (κ3) is 1.59. The number of hydrogen-bond donors (Lipinski definition) is 1. The van der Waals surface area contributed by atoms with E-state index < -0.39 is 0 Å². The van der Waals surface area contributed by atoms with Crippen LogP contribution in [0.3, 0.4) is 0 Å². The van der Waals surface area contributed by atoms with Gasteiger partial charge in [0.1, 0.15) is 11.8 Å². The molecule has 0 bridgehead atoms. The van der Waals surface area contributed by atoms with E-state index in [0.29, 0.717) is 10.7 Å². The molecule has 5 nitrogen and oxygen atoms in total. The third-order valence-corrected chi connectivity index (χ3v) is 2.59. The van der Waals surface area contributed by atoms with Gasteiger partial charge in [-0.25, -0.2) is 4.98 Å². The zero-order valence-corrected chi connectivity index (χ0v) is 10.6. The van der Waals surface area contributed by atoms with Crippen LogP contribution >= 0.6 is 12.2 Å². The van der Waals surface area contributed by atoms with Crippen molar-refractivity contribution in [2.75, 3.05) is 7.11 Å². The molecular weight excluding hydrogens is 224 g/mol. The van der Waals surface area contributed by atoms with Crippen molar-refractivity contribution in [1.29, 1.82) is 0 Å². The van der Waals surface area contributed by atoms with Crippen LogP contribution in [-0.4, -0.2) is 26.6 Å². The number of imidazole rings is 1. The standard InChI is InChI=1S/C10H14N4OS/c1-10(2,3)14-7-6(13-9(14)16)8(15-4)12-5-11-7/h5H,1-4H3,(H,13,16). The van der Waals surface area contributed by atoms with Crippen molar-refractivity contribution in [3.05, 3.63) is 11.1 Å². The molecule has 16 heavy (non-hydrogen) atoms. The minimum atomic E-state index is -0.130. The first-order valence-electron chi connectivity index (χ1n) is 4.95. The van der Waals surface area contributed by atoms with Crippen molar-refractivity contribution in [3.8, 4) is 5.88 Å². The van der Waals surface area contributed by atoms with Gasteiger partial charge in [-0.2, -0.15) is 4.98 Å². The highest BCUT2D eigenvalue weighted by molar-refractivity contribution is 7.71. The van der Waals surface area contributed by atoms with Crippen LogP contribution in [0.1, 0.15) is 20.8 Å². The highest BCUT2D eigenvalue weighted by Gasteiger charge is 2.20. The molecule has 0 aromatic carbocycles. The van der Waals surface area contributed by atoms with Crippen LogP contribution in [0.5, 0.6) is 5.88 Å². The van der Waals surface area contributed by atoms with Crippen molar-refractivity contribution >= 4 is 23.4 Å². The zero-order valence-electron chi connectivity index (χ0n) is 9.74.